The highest BCUT2D eigenvalue weighted by molar-refractivity contribution is 7.99. The minimum absolute atomic E-state index is 0.537. The van der Waals surface area contributed by atoms with Gasteiger partial charge in [0.1, 0.15) is 17.2 Å². The van der Waals surface area contributed by atoms with Gasteiger partial charge in [0.25, 0.3) is 0 Å². The minimum Gasteiger partial charge on any atom is -0.384 e. The van der Waals surface area contributed by atoms with Crippen LogP contribution in [0, 0.1) is 0 Å². The number of nitrogens with two attached hydrogens (primary N) is 1. The van der Waals surface area contributed by atoms with Crippen LogP contribution in [0.5, 0.6) is 0 Å². The average Bonchev–Trinajstić information content (AvgIpc) is 2.25. The van der Waals surface area contributed by atoms with Gasteiger partial charge in [-0.05, 0) is 13.1 Å². The smallest absolute Gasteiger partial charge is 0.127 e. The molecule has 0 radical (unpaired) electrons. The molecule has 0 aliphatic heterocycles. The first-order valence-electron chi connectivity index (χ1n) is 5.19. The Bertz CT molecular complexity index is 289. The van der Waals surface area contributed by atoms with Crippen molar-refractivity contribution in [3.63, 3.8) is 0 Å². The van der Waals surface area contributed by atoms with Crippen molar-refractivity contribution < 1.29 is 0 Å². The van der Waals surface area contributed by atoms with E-state index in [4.69, 9.17) is 5.73 Å². The van der Waals surface area contributed by atoms with Crippen molar-refractivity contribution in [3.05, 3.63) is 12.4 Å². The van der Waals surface area contributed by atoms with Crippen LogP contribution in [0.4, 0.5) is 5.82 Å². The lowest BCUT2D eigenvalue weighted by atomic mass is 10.5. The number of anilines is 1. The molecule has 0 spiro atoms. The van der Waals surface area contributed by atoms with Crippen LogP contribution in [0.25, 0.3) is 0 Å². The van der Waals surface area contributed by atoms with Crippen molar-refractivity contribution >= 4 is 17.6 Å². The van der Waals surface area contributed by atoms with E-state index < -0.39 is 0 Å². The van der Waals surface area contributed by atoms with Gasteiger partial charge in [-0.25, -0.2) is 9.97 Å². The van der Waals surface area contributed by atoms with E-state index in [1.807, 2.05) is 6.07 Å². The second-order valence-corrected chi connectivity index (χ2v) is 4.27. The fourth-order valence-electron chi connectivity index (χ4n) is 1.25. The Kier molecular flexibility index (Phi) is 5.42. The minimum atomic E-state index is 0.537. The van der Waals surface area contributed by atoms with Crippen LogP contribution in [0.1, 0.15) is 13.8 Å². The summed E-state index contributed by atoms with van der Waals surface area (Å²) in [5.74, 6) is 1.58. The third-order valence-electron chi connectivity index (χ3n) is 2.22. The molecule has 0 unspecified atom stereocenters. The first-order chi connectivity index (χ1) is 7.26. The van der Waals surface area contributed by atoms with Crippen LogP contribution < -0.4 is 5.73 Å². The number of hydrogen-bond acceptors (Lipinski definition) is 5. The van der Waals surface area contributed by atoms with Crippen LogP contribution in [0.2, 0.25) is 0 Å². The summed E-state index contributed by atoms with van der Waals surface area (Å²) >= 11 is 1.72. The van der Waals surface area contributed by atoms with E-state index in [1.54, 1.807) is 11.8 Å². The normalized spacial score (nSPS) is 10.9. The van der Waals surface area contributed by atoms with Crippen LogP contribution in [0.3, 0.4) is 0 Å². The fourth-order valence-corrected chi connectivity index (χ4v) is 2.14. The second kappa shape index (κ2) is 6.63. The van der Waals surface area contributed by atoms with Gasteiger partial charge in [-0.2, -0.15) is 0 Å². The van der Waals surface area contributed by atoms with Crippen molar-refractivity contribution in [1.82, 2.24) is 14.9 Å². The number of rotatable bonds is 6. The van der Waals surface area contributed by atoms with E-state index in [2.05, 4.69) is 28.7 Å². The Morgan fingerprint density at radius 1 is 1.33 bits per heavy atom. The number of hydrogen-bond donors (Lipinski definition) is 1. The second-order valence-electron chi connectivity index (χ2n) is 3.16. The molecular formula is C10H18N4S. The maximum atomic E-state index is 5.57. The molecule has 5 heteroatoms. The number of nitrogen functional groups attached to an aromatic ring is 1. The molecule has 1 aromatic heterocycles. The van der Waals surface area contributed by atoms with E-state index in [0.717, 1.165) is 30.4 Å². The largest absolute Gasteiger partial charge is 0.384 e. The Hall–Kier alpha value is -0.810. The lowest BCUT2D eigenvalue weighted by Crippen LogP contribution is -2.25. The molecule has 0 saturated heterocycles. The molecule has 4 nitrogen and oxygen atoms in total. The summed E-state index contributed by atoms with van der Waals surface area (Å²) in [6, 6.07) is 1.81. The Morgan fingerprint density at radius 2 is 2.07 bits per heavy atom. The molecule has 0 fully saturated rings. The highest BCUT2D eigenvalue weighted by Crippen LogP contribution is 2.15. The summed E-state index contributed by atoms with van der Waals surface area (Å²) in [6.07, 6.45) is 1.51. The third kappa shape index (κ3) is 4.48. The SMILES string of the molecule is CCN(CC)CCSc1cc(N)ncn1. The monoisotopic (exact) mass is 226 g/mol. The van der Waals surface area contributed by atoms with Gasteiger partial charge in [0.05, 0.1) is 0 Å². The molecule has 1 aromatic rings. The van der Waals surface area contributed by atoms with Gasteiger partial charge in [-0.15, -0.1) is 11.8 Å². The molecule has 1 rings (SSSR count). The fraction of sp³-hybridized carbons (Fsp3) is 0.600. The van der Waals surface area contributed by atoms with Gasteiger partial charge in [0, 0.05) is 18.4 Å². The van der Waals surface area contributed by atoms with E-state index in [9.17, 15) is 0 Å². The maximum Gasteiger partial charge on any atom is 0.127 e. The number of nitrogens with zero attached hydrogens (tertiary/aromatic N) is 3. The molecule has 1 heterocycles. The van der Waals surface area contributed by atoms with Crippen LogP contribution in [0.15, 0.2) is 17.4 Å². The standard InChI is InChI=1S/C10H18N4S/c1-3-14(4-2)5-6-15-10-7-9(11)12-8-13-10/h7-8H,3-6H2,1-2H3,(H2,11,12,13). The zero-order valence-corrected chi connectivity index (χ0v) is 10.1. The maximum absolute atomic E-state index is 5.57. The van der Waals surface area contributed by atoms with Gasteiger partial charge in [0.2, 0.25) is 0 Å². The van der Waals surface area contributed by atoms with E-state index in [0.29, 0.717) is 5.82 Å². The topological polar surface area (TPSA) is 55.0 Å². The average molecular weight is 226 g/mol. The molecule has 15 heavy (non-hydrogen) atoms. The van der Waals surface area contributed by atoms with E-state index in [-0.39, 0.29) is 0 Å². The Morgan fingerprint density at radius 3 is 2.67 bits per heavy atom. The molecule has 0 amide bonds. The summed E-state index contributed by atoms with van der Waals surface area (Å²) in [6.45, 7) is 7.64. The van der Waals surface area contributed by atoms with E-state index in [1.165, 1.54) is 6.33 Å². The van der Waals surface area contributed by atoms with Gasteiger partial charge in [0.15, 0.2) is 0 Å². The first-order valence-corrected chi connectivity index (χ1v) is 6.17. The lowest BCUT2D eigenvalue weighted by Gasteiger charge is -2.16. The van der Waals surface area contributed by atoms with Crippen molar-refractivity contribution in [2.24, 2.45) is 0 Å². The summed E-state index contributed by atoms with van der Waals surface area (Å²) in [7, 11) is 0. The molecular weight excluding hydrogens is 208 g/mol. The first kappa shape index (κ1) is 12.3. The molecule has 0 bridgehead atoms. The molecule has 0 atom stereocenters. The zero-order valence-electron chi connectivity index (χ0n) is 9.31. The predicted molar refractivity (Wildman–Crippen MR) is 65.0 cm³/mol. The summed E-state index contributed by atoms with van der Waals surface area (Å²) < 4.78 is 0. The van der Waals surface area contributed by atoms with Gasteiger partial charge in [-0.3, -0.25) is 0 Å². The predicted octanol–water partition coefficient (Wildman–Crippen LogP) is 1.49. The van der Waals surface area contributed by atoms with Crippen molar-refractivity contribution in [3.8, 4) is 0 Å². The van der Waals surface area contributed by atoms with Crippen LogP contribution in [-0.2, 0) is 0 Å². The molecule has 0 aromatic carbocycles. The molecule has 0 aliphatic carbocycles. The molecule has 2 N–H and O–H groups in total. The van der Waals surface area contributed by atoms with Crippen molar-refractivity contribution in [2.45, 2.75) is 18.9 Å². The summed E-state index contributed by atoms with van der Waals surface area (Å²) in [5.41, 5.74) is 5.57. The highest BCUT2D eigenvalue weighted by Gasteiger charge is 2.00. The van der Waals surface area contributed by atoms with Crippen LogP contribution >= 0.6 is 11.8 Å². The Balaban J connectivity index is 2.31. The molecule has 84 valence electrons. The molecule has 0 saturated carbocycles. The third-order valence-corrected chi connectivity index (χ3v) is 3.12. The quantitative estimate of drug-likeness (QED) is 0.588. The summed E-state index contributed by atoms with van der Waals surface area (Å²) in [4.78, 5) is 10.4. The summed E-state index contributed by atoms with van der Waals surface area (Å²) in [5, 5.41) is 0.953. The van der Waals surface area contributed by atoms with E-state index >= 15 is 0 Å². The Labute approximate surface area is 95.3 Å². The van der Waals surface area contributed by atoms with Crippen LogP contribution in [-0.4, -0.2) is 40.3 Å². The van der Waals surface area contributed by atoms with Gasteiger partial charge >= 0.3 is 0 Å². The zero-order chi connectivity index (χ0) is 11.1. The number of aromatic nitrogens is 2. The lowest BCUT2D eigenvalue weighted by molar-refractivity contribution is 0.324. The van der Waals surface area contributed by atoms with Crippen molar-refractivity contribution in [2.75, 3.05) is 31.1 Å². The van der Waals surface area contributed by atoms with Crippen molar-refractivity contribution in [1.29, 1.82) is 0 Å². The highest BCUT2D eigenvalue weighted by atomic mass is 32.2. The number of thioether (sulfide) groups is 1. The van der Waals surface area contributed by atoms with Gasteiger partial charge in [-0.1, -0.05) is 13.8 Å². The van der Waals surface area contributed by atoms with Gasteiger partial charge < -0.3 is 10.6 Å². The molecule has 0 aliphatic rings.